The van der Waals surface area contributed by atoms with Crippen LogP contribution in [0.2, 0.25) is 0 Å². The largest absolute Gasteiger partial charge is 0.493 e. The zero-order valence-corrected chi connectivity index (χ0v) is 15.1. The van der Waals surface area contributed by atoms with E-state index in [1.54, 1.807) is 19.5 Å². The molecule has 1 aliphatic heterocycles. The molecule has 1 aliphatic carbocycles. The van der Waals surface area contributed by atoms with E-state index in [9.17, 15) is 4.79 Å². The van der Waals surface area contributed by atoms with Crippen molar-refractivity contribution in [3.05, 3.63) is 48.3 Å². The average molecular weight is 352 g/mol. The van der Waals surface area contributed by atoms with Gasteiger partial charge in [-0.3, -0.25) is 9.78 Å². The summed E-state index contributed by atoms with van der Waals surface area (Å²) >= 11 is 0. The molecule has 1 aromatic heterocycles. The second-order valence-electron chi connectivity index (χ2n) is 7.05. The summed E-state index contributed by atoms with van der Waals surface area (Å²) in [6.45, 7) is 0.679. The highest BCUT2D eigenvalue weighted by Gasteiger charge is 2.32. The van der Waals surface area contributed by atoms with E-state index >= 15 is 0 Å². The van der Waals surface area contributed by atoms with Crippen molar-refractivity contribution >= 4 is 11.6 Å². The number of ether oxygens (including phenoxy) is 2. The lowest BCUT2D eigenvalue weighted by Gasteiger charge is -2.19. The number of anilines is 1. The maximum absolute atomic E-state index is 12.5. The summed E-state index contributed by atoms with van der Waals surface area (Å²) in [5.74, 6) is 1.87. The van der Waals surface area contributed by atoms with Crippen LogP contribution in [0.1, 0.15) is 43.6 Å². The predicted molar refractivity (Wildman–Crippen MR) is 99.8 cm³/mol. The molecule has 1 saturated carbocycles. The van der Waals surface area contributed by atoms with Gasteiger partial charge in [0.1, 0.15) is 0 Å². The molecule has 4 rings (SSSR count). The van der Waals surface area contributed by atoms with Gasteiger partial charge in [0, 0.05) is 37.0 Å². The van der Waals surface area contributed by atoms with E-state index in [1.165, 1.54) is 12.8 Å². The third-order valence-corrected chi connectivity index (χ3v) is 5.35. The summed E-state index contributed by atoms with van der Waals surface area (Å²) in [6, 6.07) is 9.82. The average Bonchev–Trinajstić information content (AvgIpc) is 3.32. The van der Waals surface area contributed by atoms with Crippen LogP contribution in [0, 0.1) is 0 Å². The monoisotopic (exact) mass is 352 g/mol. The third-order valence-electron chi connectivity index (χ3n) is 5.35. The minimum Gasteiger partial charge on any atom is -0.493 e. The Bertz CT molecular complexity index is 772. The number of rotatable bonds is 5. The first-order chi connectivity index (χ1) is 12.7. The molecule has 26 heavy (non-hydrogen) atoms. The number of benzene rings is 1. The van der Waals surface area contributed by atoms with Gasteiger partial charge in [0.25, 0.3) is 0 Å². The maximum atomic E-state index is 12.5. The summed E-state index contributed by atoms with van der Waals surface area (Å²) in [4.78, 5) is 18.4. The van der Waals surface area contributed by atoms with Gasteiger partial charge in [-0.1, -0.05) is 6.07 Å². The number of carbonyl (C=O) groups is 1. The van der Waals surface area contributed by atoms with Crippen molar-refractivity contribution in [1.82, 2.24) is 4.98 Å². The molecular formula is C21H24N2O3. The molecule has 2 aromatic rings. The van der Waals surface area contributed by atoms with Gasteiger partial charge < -0.3 is 14.4 Å². The molecule has 0 radical (unpaired) electrons. The number of methoxy groups -OCH3 is 1. The fourth-order valence-electron chi connectivity index (χ4n) is 3.93. The van der Waals surface area contributed by atoms with Crippen molar-refractivity contribution in [2.45, 2.75) is 44.1 Å². The number of nitrogens with zero attached hydrogens (tertiary/aromatic N) is 2. The standard InChI is InChI=1S/C21H24N2O3/c1-25-19-7-6-15(12-20(19)26-18-4-2-3-5-18)16-13-21(24)23(14-16)17-8-10-22-11-9-17/h6-12,16,18H,2-5,13-14H2,1H3/t16-/m0/s1. The first kappa shape index (κ1) is 16.9. The van der Waals surface area contributed by atoms with Gasteiger partial charge in [-0.25, -0.2) is 0 Å². The van der Waals surface area contributed by atoms with Crippen LogP contribution >= 0.6 is 0 Å². The van der Waals surface area contributed by atoms with E-state index in [4.69, 9.17) is 9.47 Å². The Kier molecular flexibility index (Phi) is 4.78. The molecule has 1 atom stereocenters. The van der Waals surface area contributed by atoms with Gasteiger partial charge in [-0.2, -0.15) is 0 Å². The van der Waals surface area contributed by atoms with Crippen molar-refractivity contribution in [1.29, 1.82) is 0 Å². The summed E-state index contributed by atoms with van der Waals surface area (Å²) < 4.78 is 11.7. The van der Waals surface area contributed by atoms with Gasteiger partial charge in [-0.05, 0) is 55.5 Å². The van der Waals surface area contributed by atoms with Crippen LogP contribution in [-0.4, -0.2) is 30.6 Å². The Morgan fingerprint density at radius 1 is 1.08 bits per heavy atom. The highest BCUT2D eigenvalue weighted by Crippen LogP contribution is 2.37. The zero-order valence-electron chi connectivity index (χ0n) is 15.1. The number of amides is 1. The molecule has 0 bridgehead atoms. The van der Waals surface area contributed by atoms with Gasteiger partial charge in [0.05, 0.1) is 13.2 Å². The number of carbonyl (C=O) groups excluding carboxylic acids is 1. The SMILES string of the molecule is COc1ccc([C@H]2CC(=O)N(c3ccncc3)C2)cc1OC1CCCC1. The number of hydrogen-bond acceptors (Lipinski definition) is 4. The Morgan fingerprint density at radius 3 is 2.58 bits per heavy atom. The fraction of sp³-hybridized carbons (Fsp3) is 0.429. The molecule has 1 saturated heterocycles. The minimum absolute atomic E-state index is 0.148. The van der Waals surface area contributed by atoms with Gasteiger partial charge in [0.2, 0.25) is 5.91 Å². The second-order valence-corrected chi connectivity index (χ2v) is 7.05. The van der Waals surface area contributed by atoms with Crippen molar-refractivity contribution in [3.8, 4) is 11.5 Å². The molecule has 2 aliphatic rings. The Morgan fingerprint density at radius 2 is 1.85 bits per heavy atom. The summed E-state index contributed by atoms with van der Waals surface area (Å²) in [5.41, 5.74) is 2.03. The lowest BCUT2D eigenvalue weighted by atomic mass is 9.98. The molecule has 2 heterocycles. The van der Waals surface area contributed by atoms with Gasteiger partial charge in [-0.15, -0.1) is 0 Å². The molecule has 1 aromatic carbocycles. The van der Waals surface area contributed by atoms with Gasteiger partial charge >= 0.3 is 0 Å². The molecule has 1 amide bonds. The minimum atomic E-state index is 0.148. The molecule has 5 heteroatoms. The molecule has 0 unspecified atom stereocenters. The molecule has 2 fully saturated rings. The summed E-state index contributed by atoms with van der Waals surface area (Å²) in [5, 5.41) is 0. The van der Waals surface area contributed by atoms with Crippen LogP contribution in [0.5, 0.6) is 11.5 Å². The fourth-order valence-corrected chi connectivity index (χ4v) is 3.93. The van der Waals surface area contributed by atoms with Crippen LogP contribution in [0.4, 0.5) is 5.69 Å². The number of hydrogen-bond donors (Lipinski definition) is 0. The first-order valence-corrected chi connectivity index (χ1v) is 9.29. The van der Waals surface area contributed by atoms with Crippen molar-refractivity contribution < 1.29 is 14.3 Å². The first-order valence-electron chi connectivity index (χ1n) is 9.29. The van der Waals surface area contributed by atoms with Crippen LogP contribution < -0.4 is 14.4 Å². The quantitative estimate of drug-likeness (QED) is 0.818. The third kappa shape index (κ3) is 3.39. The van der Waals surface area contributed by atoms with Crippen molar-refractivity contribution in [2.75, 3.05) is 18.6 Å². The van der Waals surface area contributed by atoms with E-state index in [2.05, 4.69) is 11.1 Å². The smallest absolute Gasteiger partial charge is 0.227 e. The highest BCUT2D eigenvalue weighted by molar-refractivity contribution is 5.96. The van der Waals surface area contributed by atoms with Crippen molar-refractivity contribution in [2.24, 2.45) is 0 Å². The predicted octanol–water partition coefficient (Wildman–Crippen LogP) is 3.93. The highest BCUT2D eigenvalue weighted by atomic mass is 16.5. The molecule has 5 nitrogen and oxygen atoms in total. The van der Waals surface area contributed by atoms with E-state index in [1.807, 2.05) is 29.2 Å². The van der Waals surface area contributed by atoms with E-state index in [0.717, 1.165) is 35.6 Å². The van der Waals surface area contributed by atoms with Crippen LogP contribution in [-0.2, 0) is 4.79 Å². The maximum Gasteiger partial charge on any atom is 0.227 e. The van der Waals surface area contributed by atoms with Crippen LogP contribution in [0.3, 0.4) is 0 Å². The Hall–Kier alpha value is -2.56. The lowest BCUT2D eigenvalue weighted by molar-refractivity contribution is -0.117. The topological polar surface area (TPSA) is 51.7 Å². The molecule has 0 spiro atoms. The number of pyridine rings is 1. The Labute approximate surface area is 153 Å². The zero-order chi connectivity index (χ0) is 17.9. The number of aromatic nitrogens is 1. The summed E-state index contributed by atoms with van der Waals surface area (Å²) in [7, 11) is 1.67. The van der Waals surface area contributed by atoms with Crippen LogP contribution in [0.25, 0.3) is 0 Å². The molecular weight excluding hydrogens is 328 g/mol. The van der Waals surface area contributed by atoms with E-state index < -0.39 is 0 Å². The Balaban J connectivity index is 1.55. The lowest BCUT2D eigenvalue weighted by Crippen LogP contribution is -2.24. The van der Waals surface area contributed by atoms with E-state index in [0.29, 0.717) is 13.0 Å². The van der Waals surface area contributed by atoms with Gasteiger partial charge in [0.15, 0.2) is 11.5 Å². The normalized spacial score (nSPS) is 20.6. The van der Waals surface area contributed by atoms with E-state index in [-0.39, 0.29) is 17.9 Å². The van der Waals surface area contributed by atoms with Crippen molar-refractivity contribution in [3.63, 3.8) is 0 Å². The second kappa shape index (κ2) is 7.36. The van der Waals surface area contributed by atoms with Crippen LogP contribution in [0.15, 0.2) is 42.7 Å². The molecule has 136 valence electrons. The summed E-state index contributed by atoms with van der Waals surface area (Å²) in [6.07, 6.45) is 8.88. The molecule has 0 N–H and O–H groups in total.